The first kappa shape index (κ1) is 20.2. The lowest BCUT2D eigenvalue weighted by Gasteiger charge is -2.09. The van der Waals surface area contributed by atoms with E-state index in [0.717, 1.165) is 11.1 Å². The molecule has 0 fully saturated rings. The Balaban J connectivity index is 1.77. The van der Waals surface area contributed by atoms with Crippen molar-refractivity contribution in [1.82, 2.24) is 14.3 Å². The van der Waals surface area contributed by atoms with E-state index in [2.05, 4.69) is 22.1 Å². The molecule has 0 atom stereocenters. The summed E-state index contributed by atoms with van der Waals surface area (Å²) in [7, 11) is 3.03. The Morgan fingerprint density at radius 3 is 2.66 bits per heavy atom. The number of oxime groups is 1. The van der Waals surface area contributed by atoms with Crippen molar-refractivity contribution in [3.63, 3.8) is 0 Å². The van der Waals surface area contributed by atoms with Crippen LogP contribution in [0.1, 0.15) is 18.1 Å². The molecule has 3 aromatic rings. The lowest BCUT2D eigenvalue weighted by molar-refractivity contribution is 0.130. The molecule has 0 bridgehead atoms. The van der Waals surface area contributed by atoms with E-state index in [9.17, 15) is 4.79 Å². The maximum absolute atomic E-state index is 12.4. The third-order valence-electron chi connectivity index (χ3n) is 3.96. The Kier molecular flexibility index (Phi) is 6.37. The Bertz CT molecular complexity index is 1150. The van der Waals surface area contributed by atoms with E-state index >= 15 is 0 Å². The van der Waals surface area contributed by atoms with Crippen molar-refractivity contribution in [3.8, 4) is 23.5 Å². The molecule has 148 valence electrons. The lowest BCUT2D eigenvalue weighted by atomic mass is 10.2. The summed E-state index contributed by atoms with van der Waals surface area (Å²) in [6.07, 6.45) is 0. The molecule has 0 aliphatic rings. The summed E-state index contributed by atoms with van der Waals surface area (Å²) in [6.45, 7) is 1.91. The topological polar surface area (TPSA) is 70.6 Å². The third-order valence-corrected chi connectivity index (χ3v) is 4.22. The van der Waals surface area contributed by atoms with E-state index in [4.69, 9.17) is 21.2 Å². The second kappa shape index (κ2) is 9.13. The summed E-state index contributed by atoms with van der Waals surface area (Å²) in [5.74, 6) is 5.92. The van der Waals surface area contributed by atoms with Crippen LogP contribution in [-0.2, 0) is 18.5 Å². The van der Waals surface area contributed by atoms with E-state index < -0.39 is 0 Å². The second-order valence-electron chi connectivity index (χ2n) is 6.06. The Labute approximate surface area is 173 Å². The molecule has 0 radical (unpaired) electrons. The number of benzene rings is 2. The predicted molar refractivity (Wildman–Crippen MR) is 112 cm³/mol. The average Bonchev–Trinajstić information content (AvgIpc) is 3.02. The van der Waals surface area contributed by atoms with Crippen LogP contribution < -0.4 is 10.4 Å². The normalized spacial score (nSPS) is 11.0. The van der Waals surface area contributed by atoms with E-state index in [1.54, 1.807) is 32.2 Å². The highest BCUT2D eigenvalue weighted by Crippen LogP contribution is 2.18. The van der Waals surface area contributed by atoms with E-state index in [1.165, 1.54) is 16.4 Å². The standard InChI is InChI=1S/C21H19ClN4O3/c1-15(8-9-16-10-12-18(22)13-11-16)24-29-14-17-6-4-5-7-19(17)26-20(28-3)23-25(2)21(26)27/h4-7,10-13H,14H2,1-3H3/b24-15+. The van der Waals surface area contributed by atoms with Crippen LogP contribution in [0.15, 0.2) is 58.5 Å². The lowest BCUT2D eigenvalue weighted by Crippen LogP contribution is -2.22. The summed E-state index contributed by atoms with van der Waals surface area (Å²) in [5, 5.41) is 8.76. The molecule has 1 heterocycles. The fourth-order valence-electron chi connectivity index (χ4n) is 2.55. The van der Waals surface area contributed by atoms with Gasteiger partial charge in [-0.15, -0.1) is 5.10 Å². The number of ether oxygens (including phenoxy) is 1. The van der Waals surface area contributed by atoms with Gasteiger partial charge < -0.3 is 9.57 Å². The molecule has 2 aromatic carbocycles. The summed E-state index contributed by atoms with van der Waals surface area (Å²) < 4.78 is 7.81. The van der Waals surface area contributed by atoms with Gasteiger partial charge in [-0.25, -0.2) is 14.0 Å². The summed E-state index contributed by atoms with van der Waals surface area (Å²) in [5.41, 5.74) is 2.40. The Hall–Kier alpha value is -3.50. The molecule has 8 heteroatoms. The number of hydrogen-bond donors (Lipinski definition) is 0. The predicted octanol–water partition coefficient (Wildman–Crippen LogP) is 3.18. The zero-order valence-corrected chi connectivity index (χ0v) is 17.0. The van der Waals surface area contributed by atoms with Gasteiger partial charge in [0.25, 0.3) is 0 Å². The number of aromatic nitrogens is 3. The zero-order valence-electron chi connectivity index (χ0n) is 16.2. The number of rotatable bonds is 5. The minimum absolute atomic E-state index is 0.153. The number of para-hydroxylation sites is 1. The van der Waals surface area contributed by atoms with Crippen molar-refractivity contribution >= 4 is 17.3 Å². The highest BCUT2D eigenvalue weighted by Gasteiger charge is 2.16. The van der Waals surface area contributed by atoms with Crippen molar-refractivity contribution < 1.29 is 9.57 Å². The molecule has 0 aliphatic carbocycles. The first-order valence-electron chi connectivity index (χ1n) is 8.72. The van der Waals surface area contributed by atoms with Crippen molar-refractivity contribution in [3.05, 3.63) is 75.2 Å². The van der Waals surface area contributed by atoms with E-state index in [-0.39, 0.29) is 18.3 Å². The van der Waals surface area contributed by atoms with Crippen molar-refractivity contribution in [2.75, 3.05) is 7.11 Å². The highest BCUT2D eigenvalue weighted by molar-refractivity contribution is 6.30. The average molecular weight is 411 g/mol. The highest BCUT2D eigenvalue weighted by atomic mass is 35.5. The summed E-state index contributed by atoms with van der Waals surface area (Å²) in [6, 6.07) is 14.7. The first-order valence-corrected chi connectivity index (χ1v) is 9.10. The number of hydrogen-bond acceptors (Lipinski definition) is 5. The van der Waals surface area contributed by atoms with Crippen molar-refractivity contribution in [2.24, 2.45) is 12.2 Å². The minimum atomic E-state index is -0.317. The van der Waals surface area contributed by atoms with Gasteiger partial charge in [0.1, 0.15) is 12.3 Å². The van der Waals surface area contributed by atoms with Crippen LogP contribution >= 0.6 is 11.6 Å². The van der Waals surface area contributed by atoms with Gasteiger partial charge in [0.15, 0.2) is 0 Å². The summed E-state index contributed by atoms with van der Waals surface area (Å²) >= 11 is 5.86. The van der Waals surface area contributed by atoms with Crippen molar-refractivity contribution in [1.29, 1.82) is 0 Å². The Morgan fingerprint density at radius 2 is 1.93 bits per heavy atom. The largest absolute Gasteiger partial charge is 0.467 e. The number of methoxy groups -OCH3 is 1. The molecule has 3 rings (SSSR count). The van der Waals surface area contributed by atoms with E-state index in [0.29, 0.717) is 16.4 Å². The maximum atomic E-state index is 12.4. The molecule has 0 unspecified atom stereocenters. The molecule has 0 saturated carbocycles. The molecule has 7 nitrogen and oxygen atoms in total. The van der Waals surface area contributed by atoms with Crippen LogP contribution in [0.3, 0.4) is 0 Å². The van der Waals surface area contributed by atoms with Gasteiger partial charge in [0, 0.05) is 23.2 Å². The number of nitrogens with zero attached hydrogens (tertiary/aromatic N) is 4. The van der Waals surface area contributed by atoms with Crippen LogP contribution in [0.4, 0.5) is 0 Å². The molecular formula is C21H19ClN4O3. The van der Waals surface area contributed by atoms with Crippen LogP contribution in [0, 0.1) is 11.8 Å². The maximum Gasteiger partial charge on any atom is 0.353 e. The van der Waals surface area contributed by atoms with Crippen molar-refractivity contribution in [2.45, 2.75) is 13.5 Å². The second-order valence-corrected chi connectivity index (χ2v) is 6.50. The molecule has 0 saturated heterocycles. The van der Waals surface area contributed by atoms with Crippen LogP contribution in [-0.4, -0.2) is 27.2 Å². The molecule has 0 spiro atoms. The molecule has 1 aromatic heterocycles. The third kappa shape index (κ3) is 4.86. The SMILES string of the molecule is COc1nn(C)c(=O)n1-c1ccccc1CO/N=C(\C)C#Cc1ccc(Cl)cc1. The monoisotopic (exact) mass is 410 g/mol. The molecule has 0 aliphatic heterocycles. The number of halogens is 1. The fourth-order valence-corrected chi connectivity index (χ4v) is 2.67. The minimum Gasteiger partial charge on any atom is -0.467 e. The van der Waals surface area contributed by atoms with Crippen LogP contribution in [0.2, 0.25) is 5.02 Å². The summed E-state index contributed by atoms with van der Waals surface area (Å²) in [4.78, 5) is 17.9. The van der Waals surface area contributed by atoms with E-state index in [1.807, 2.05) is 30.3 Å². The van der Waals surface area contributed by atoms with Crippen LogP contribution in [0.25, 0.3) is 5.69 Å². The smallest absolute Gasteiger partial charge is 0.353 e. The fraction of sp³-hybridized carbons (Fsp3) is 0.190. The van der Waals surface area contributed by atoms with Gasteiger partial charge in [0.2, 0.25) is 0 Å². The first-order chi connectivity index (χ1) is 14.0. The van der Waals surface area contributed by atoms with Gasteiger partial charge in [-0.05, 0) is 43.2 Å². The van der Waals surface area contributed by atoms with Gasteiger partial charge in [-0.1, -0.05) is 40.9 Å². The molecular weight excluding hydrogens is 392 g/mol. The Morgan fingerprint density at radius 1 is 1.21 bits per heavy atom. The molecule has 0 N–H and O–H groups in total. The van der Waals surface area contributed by atoms with Gasteiger partial charge >= 0.3 is 11.7 Å². The van der Waals surface area contributed by atoms with Gasteiger partial charge in [-0.2, -0.15) is 0 Å². The molecule has 0 amide bonds. The zero-order chi connectivity index (χ0) is 20.8. The van der Waals surface area contributed by atoms with Gasteiger partial charge in [-0.3, -0.25) is 0 Å². The quantitative estimate of drug-likeness (QED) is 0.368. The molecule has 29 heavy (non-hydrogen) atoms. The van der Waals surface area contributed by atoms with Crippen LogP contribution in [0.5, 0.6) is 6.01 Å². The van der Waals surface area contributed by atoms with Gasteiger partial charge in [0.05, 0.1) is 12.8 Å². The number of aryl methyl sites for hydroxylation is 1.